The van der Waals surface area contributed by atoms with Crippen molar-refractivity contribution in [1.82, 2.24) is 9.97 Å². The Morgan fingerprint density at radius 3 is 2.72 bits per heavy atom. The quantitative estimate of drug-likeness (QED) is 0.269. The van der Waals surface area contributed by atoms with Gasteiger partial charge in [0, 0.05) is 43.1 Å². The SMILES string of the molecule is CC/C=C(/C=C\C(C)=NC)CNc1ncnc2c(OC3CCOCC3)cc(C(=N)/C=C\CCC)cc12. The van der Waals surface area contributed by atoms with E-state index in [-0.39, 0.29) is 6.10 Å². The zero-order valence-corrected chi connectivity index (χ0v) is 22.0. The fourth-order valence-corrected chi connectivity index (χ4v) is 3.91. The first-order valence-corrected chi connectivity index (χ1v) is 12.9. The van der Waals surface area contributed by atoms with Gasteiger partial charge in [0.15, 0.2) is 0 Å². The molecule has 0 atom stereocenters. The van der Waals surface area contributed by atoms with Crippen molar-refractivity contribution >= 4 is 28.1 Å². The maximum atomic E-state index is 8.66. The lowest BCUT2D eigenvalue weighted by Crippen LogP contribution is -2.26. The zero-order valence-electron chi connectivity index (χ0n) is 22.0. The minimum absolute atomic E-state index is 0.0705. The lowest BCUT2D eigenvalue weighted by molar-refractivity contribution is 0.0261. The summed E-state index contributed by atoms with van der Waals surface area (Å²) in [6.07, 6.45) is 16.4. The van der Waals surface area contributed by atoms with Crippen molar-refractivity contribution in [2.45, 2.75) is 59.0 Å². The van der Waals surface area contributed by atoms with E-state index >= 15 is 0 Å². The van der Waals surface area contributed by atoms with Gasteiger partial charge in [-0.05, 0) is 49.6 Å². The normalized spacial score (nSPS) is 15.8. The maximum absolute atomic E-state index is 8.66. The fourth-order valence-electron chi connectivity index (χ4n) is 3.91. The predicted molar refractivity (Wildman–Crippen MR) is 150 cm³/mol. The number of aliphatic imine (C=N–C) groups is 1. The Hall–Kier alpha value is -3.32. The van der Waals surface area contributed by atoms with Crippen LogP contribution in [0.2, 0.25) is 0 Å². The van der Waals surface area contributed by atoms with Crippen molar-refractivity contribution < 1.29 is 9.47 Å². The molecule has 1 aliphatic rings. The van der Waals surface area contributed by atoms with Gasteiger partial charge in [-0.1, -0.05) is 38.5 Å². The smallest absolute Gasteiger partial charge is 0.146 e. The van der Waals surface area contributed by atoms with Crippen LogP contribution in [0.1, 0.15) is 58.4 Å². The Morgan fingerprint density at radius 1 is 1.19 bits per heavy atom. The third-order valence-corrected chi connectivity index (χ3v) is 6.03. The maximum Gasteiger partial charge on any atom is 0.146 e. The molecular weight excluding hydrogens is 450 g/mol. The van der Waals surface area contributed by atoms with Crippen molar-refractivity contribution in [2.75, 3.05) is 32.1 Å². The first kappa shape index (κ1) is 27.3. The van der Waals surface area contributed by atoms with Crippen LogP contribution < -0.4 is 10.1 Å². The summed E-state index contributed by atoms with van der Waals surface area (Å²) in [5.41, 5.74) is 4.10. The monoisotopic (exact) mass is 489 g/mol. The van der Waals surface area contributed by atoms with Gasteiger partial charge in [-0.3, -0.25) is 4.99 Å². The second-order valence-electron chi connectivity index (χ2n) is 8.87. The molecule has 0 aliphatic carbocycles. The Labute approximate surface area is 214 Å². The summed E-state index contributed by atoms with van der Waals surface area (Å²) in [6, 6.07) is 3.92. The number of fused-ring (bicyclic) bond motifs is 1. The molecule has 2 heterocycles. The van der Waals surface area contributed by atoms with Gasteiger partial charge in [0.05, 0.1) is 18.9 Å². The second kappa shape index (κ2) is 14.3. The molecule has 0 unspecified atom stereocenters. The Bertz CT molecular complexity index is 1140. The van der Waals surface area contributed by atoms with Gasteiger partial charge >= 0.3 is 0 Å². The van der Waals surface area contributed by atoms with Crippen molar-refractivity contribution in [1.29, 1.82) is 5.41 Å². The first-order chi connectivity index (χ1) is 17.5. The van der Waals surface area contributed by atoms with Crippen LogP contribution in [-0.4, -0.2) is 54.3 Å². The summed E-state index contributed by atoms with van der Waals surface area (Å²) < 4.78 is 11.9. The van der Waals surface area contributed by atoms with Gasteiger partial charge in [0.25, 0.3) is 0 Å². The number of unbranched alkanes of at least 4 members (excludes halogenated alkanes) is 1. The van der Waals surface area contributed by atoms with Crippen LogP contribution >= 0.6 is 0 Å². The van der Waals surface area contributed by atoms with E-state index in [0.717, 1.165) is 65.7 Å². The van der Waals surface area contributed by atoms with Gasteiger partial charge < -0.3 is 20.2 Å². The van der Waals surface area contributed by atoms with Gasteiger partial charge in [0.1, 0.15) is 29.5 Å². The molecule has 1 aliphatic heterocycles. The number of hydrogen-bond donors (Lipinski definition) is 2. The number of ether oxygens (including phenoxy) is 2. The van der Waals surface area contributed by atoms with Gasteiger partial charge in [-0.2, -0.15) is 0 Å². The average molecular weight is 490 g/mol. The number of allylic oxidation sites excluding steroid dienone is 4. The fraction of sp³-hybridized carbons (Fsp3) is 0.448. The number of hydrogen-bond acceptors (Lipinski definition) is 7. The molecule has 1 aromatic heterocycles. The summed E-state index contributed by atoms with van der Waals surface area (Å²) in [5.74, 6) is 1.41. The summed E-state index contributed by atoms with van der Waals surface area (Å²) in [5, 5.41) is 13.0. The molecule has 7 heteroatoms. The first-order valence-electron chi connectivity index (χ1n) is 12.9. The average Bonchev–Trinajstić information content (AvgIpc) is 2.90. The molecule has 2 aromatic rings. The number of nitrogens with zero attached hydrogens (tertiary/aromatic N) is 3. The van der Waals surface area contributed by atoms with Gasteiger partial charge in [-0.15, -0.1) is 0 Å². The van der Waals surface area contributed by atoms with Crippen LogP contribution in [-0.2, 0) is 4.74 Å². The van der Waals surface area contributed by atoms with E-state index in [9.17, 15) is 0 Å². The van der Waals surface area contributed by atoms with Crippen LogP contribution in [0.3, 0.4) is 0 Å². The number of anilines is 1. The largest absolute Gasteiger partial charge is 0.488 e. The zero-order chi connectivity index (χ0) is 25.8. The molecule has 1 saturated heterocycles. The molecule has 3 rings (SSSR count). The number of nitrogens with one attached hydrogen (secondary N) is 2. The minimum Gasteiger partial charge on any atom is -0.488 e. The standard InChI is InChI=1S/C29H39N5O2/c1-5-7-8-10-26(30)23-17-25-28(27(18-23)36-24-13-15-35-16-14-24)33-20-34-29(25)32-19-22(9-6-2)12-11-21(3)31-4/h8-12,17-18,20,24,30H,5-7,13-16,19H2,1-4H3,(H,32,33,34)/b10-8-,12-11-,22-9-,30-26?,31-21?. The van der Waals surface area contributed by atoms with Crippen LogP contribution in [0.4, 0.5) is 5.82 Å². The van der Waals surface area contributed by atoms with E-state index in [1.54, 1.807) is 13.4 Å². The highest BCUT2D eigenvalue weighted by molar-refractivity contribution is 6.10. The molecule has 1 fully saturated rings. The summed E-state index contributed by atoms with van der Waals surface area (Å²) >= 11 is 0. The minimum atomic E-state index is 0.0705. The molecule has 0 radical (unpaired) electrons. The highest BCUT2D eigenvalue weighted by atomic mass is 16.5. The van der Waals surface area contributed by atoms with E-state index in [0.29, 0.717) is 31.2 Å². The molecule has 0 amide bonds. The van der Waals surface area contributed by atoms with Crippen molar-refractivity contribution in [3.63, 3.8) is 0 Å². The van der Waals surface area contributed by atoms with E-state index in [4.69, 9.17) is 14.9 Å². The van der Waals surface area contributed by atoms with Crippen LogP contribution in [0.5, 0.6) is 5.75 Å². The second-order valence-corrected chi connectivity index (χ2v) is 8.87. The van der Waals surface area contributed by atoms with Crippen LogP contribution in [0.15, 0.2) is 59.4 Å². The van der Waals surface area contributed by atoms with Crippen molar-refractivity contribution in [2.24, 2.45) is 4.99 Å². The lowest BCUT2D eigenvalue weighted by atomic mass is 10.0. The molecule has 1 aromatic carbocycles. The molecule has 0 spiro atoms. The van der Waals surface area contributed by atoms with Gasteiger partial charge in [0.2, 0.25) is 0 Å². The van der Waals surface area contributed by atoms with Crippen LogP contribution in [0, 0.1) is 5.41 Å². The highest BCUT2D eigenvalue weighted by Gasteiger charge is 2.19. The Kier molecular flexibility index (Phi) is 10.8. The van der Waals surface area contributed by atoms with Crippen LogP contribution in [0.25, 0.3) is 10.9 Å². The molecule has 192 valence electrons. The molecule has 0 saturated carbocycles. The number of rotatable bonds is 12. The molecule has 7 nitrogen and oxygen atoms in total. The summed E-state index contributed by atoms with van der Waals surface area (Å²) in [6.45, 7) is 8.24. The Morgan fingerprint density at radius 2 is 2.00 bits per heavy atom. The molecule has 36 heavy (non-hydrogen) atoms. The summed E-state index contributed by atoms with van der Waals surface area (Å²) in [4.78, 5) is 13.3. The predicted octanol–water partition coefficient (Wildman–Crippen LogP) is 6.31. The molecular formula is C29H39N5O2. The third-order valence-electron chi connectivity index (χ3n) is 6.03. The lowest BCUT2D eigenvalue weighted by Gasteiger charge is -2.24. The van der Waals surface area contributed by atoms with E-state index < -0.39 is 0 Å². The molecule has 0 bridgehead atoms. The topological polar surface area (TPSA) is 92.5 Å². The van der Waals surface area contributed by atoms with Gasteiger partial charge in [-0.25, -0.2) is 9.97 Å². The molecule has 2 N–H and O–H groups in total. The van der Waals surface area contributed by atoms with E-state index in [2.05, 4.69) is 46.3 Å². The highest BCUT2D eigenvalue weighted by Crippen LogP contribution is 2.32. The number of aromatic nitrogens is 2. The third kappa shape index (κ3) is 7.85. The van der Waals surface area contributed by atoms with E-state index in [1.165, 1.54) is 0 Å². The van der Waals surface area contributed by atoms with Crippen molar-refractivity contribution in [3.05, 3.63) is 60.0 Å². The van der Waals surface area contributed by atoms with E-state index in [1.807, 2.05) is 37.3 Å². The summed E-state index contributed by atoms with van der Waals surface area (Å²) in [7, 11) is 1.79. The Balaban J connectivity index is 1.97. The van der Waals surface area contributed by atoms with Crippen molar-refractivity contribution in [3.8, 4) is 5.75 Å². The number of benzene rings is 1.